The highest BCUT2D eigenvalue weighted by Crippen LogP contribution is 2.16. The molecule has 1 saturated heterocycles. The SMILES string of the molecule is NC(=O)C1CCCN1C(=O)NOCC(=O)O. The lowest BCUT2D eigenvalue weighted by Gasteiger charge is -2.21. The maximum Gasteiger partial charge on any atom is 0.342 e. The number of carbonyl (C=O) groups excluding carboxylic acids is 2. The number of likely N-dealkylation sites (tertiary alicyclic amines) is 1. The molecule has 1 aliphatic rings. The molecular weight excluding hydrogens is 218 g/mol. The number of nitrogens with two attached hydrogens (primary N) is 1. The van der Waals surface area contributed by atoms with Crippen molar-refractivity contribution in [2.24, 2.45) is 5.73 Å². The third kappa shape index (κ3) is 3.09. The summed E-state index contributed by atoms with van der Waals surface area (Å²) in [4.78, 5) is 38.1. The minimum atomic E-state index is -1.20. The number of amides is 3. The molecule has 0 saturated carbocycles. The van der Waals surface area contributed by atoms with E-state index in [1.165, 1.54) is 4.90 Å². The molecule has 16 heavy (non-hydrogen) atoms. The lowest BCUT2D eigenvalue weighted by atomic mass is 10.2. The third-order valence-corrected chi connectivity index (χ3v) is 2.20. The Morgan fingerprint density at radius 3 is 2.75 bits per heavy atom. The minimum absolute atomic E-state index is 0.399. The first-order valence-electron chi connectivity index (χ1n) is 4.72. The molecule has 0 bridgehead atoms. The van der Waals surface area contributed by atoms with Crippen molar-refractivity contribution in [1.29, 1.82) is 0 Å². The smallest absolute Gasteiger partial charge is 0.342 e. The summed E-state index contributed by atoms with van der Waals surface area (Å²) >= 11 is 0. The van der Waals surface area contributed by atoms with Gasteiger partial charge in [0.1, 0.15) is 6.04 Å². The second-order valence-corrected chi connectivity index (χ2v) is 3.34. The molecule has 0 aromatic heterocycles. The fourth-order valence-corrected chi connectivity index (χ4v) is 1.52. The Labute approximate surface area is 91.3 Å². The quantitative estimate of drug-likeness (QED) is 0.517. The van der Waals surface area contributed by atoms with Gasteiger partial charge in [0.2, 0.25) is 5.91 Å². The van der Waals surface area contributed by atoms with E-state index in [0.717, 1.165) is 0 Å². The Kier molecular flexibility index (Phi) is 4.06. The Hall–Kier alpha value is -1.83. The highest BCUT2D eigenvalue weighted by Gasteiger charge is 2.32. The molecule has 4 N–H and O–H groups in total. The van der Waals surface area contributed by atoms with E-state index in [4.69, 9.17) is 10.8 Å². The zero-order valence-electron chi connectivity index (χ0n) is 8.51. The summed E-state index contributed by atoms with van der Waals surface area (Å²) in [6.07, 6.45) is 1.20. The van der Waals surface area contributed by atoms with Gasteiger partial charge in [0.05, 0.1) is 0 Å². The predicted octanol–water partition coefficient (Wildman–Crippen LogP) is -1.34. The summed E-state index contributed by atoms with van der Waals surface area (Å²) in [6, 6.07) is -1.30. The van der Waals surface area contributed by atoms with E-state index in [-0.39, 0.29) is 0 Å². The first-order chi connectivity index (χ1) is 7.52. The highest BCUT2D eigenvalue weighted by atomic mass is 16.7. The maximum absolute atomic E-state index is 11.4. The van der Waals surface area contributed by atoms with E-state index in [2.05, 4.69) is 4.84 Å². The van der Waals surface area contributed by atoms with Crippen LogP contribution >= 0.6 is 0 Å². The van der Waals surface area contributed by atoms with Crippen molar-refractivity contribution in [3.8, 4) is 0 Å². The van der Waals surface area contributed by atoms with Crippen molar-refractivity contribution in [2.75, 3.05) is 13.2 Å². The number of hydrogen-bond acceptors (Lipinski definition) is 4. The molecule has 1 heterocycles. The first kappa shape index (κ1) is 12.2. The fraction of sp³-hybridized carbons (Fsp3) is 0.625. The van der Waals surface area contributed by atoms with Gasteiger partial charge in [-0.1, -0.05) is 0 Å². The number of hydroxylamine groups is 1. The van der Waals surface area contributed by atoms with Crippen LogP contribution in [0, 0.1) is 0 Å². The van der Waals surface area contributed by atoms with Gasteiger partial charge in [-0.15, -0.1) is 0 Å². The van der Waals surface area contributed by atoms with E-state index >= 15 is 0 Å². The van der Waals surface area contributed by atoms with Crippen LogP contribution in [0.1, 0.15) is 12.8 Å². The zero-order valence-corrected chi connectivity index (χ0v) is 8.51. The van der Waals surface area contributed by atoms with Gasteiger partial charge in [0.25, 0.3) is 0 Å². The predicted molar refractivity (Wildman–Crippen MR) is 51.0 cm³/mol. The molecule has 1 atom stereocenters. The molecule has 0 radical (unpaired) electrons. The monoisotopic (exact) mass is 231 g/mol. The third-order valence-electron chi connectivity index (χ3n) is 2.20. The van der Waals surface area contributed by atoms with Crippen LogP contribution in [0.4, 0.5) is 4.79 Å². The topological polar surface area (TPSA) is 122 Å². The molecule has 0 aromatic rings. The average Bonchev–Trinajstić information content (AvgIpc) is 2.65. The Morgan fingerprint density at radius 2 is 2.19 bits per heavy atom. The van der Waals surface area contributed by atoms with Gasteiger partial charge < -0.3 is 15.7 Å². The van der Waals surface area contributed by atoms with Gasteiger partial charge in [-0.2, -0.15) is 0 Å². The van der Waals surface area contributed by atoms with Crippen LogP contribution in [0.25, 0.3) is 0 Å². The van der Waals surface area contributed by atoms with Crippen molar-refractivity contribution in [3.05, 3.63) is 0 Å². The molecule has 1 fully saturated rings. The van der Waals surface area contributed by atoms with Gasteiger partial charge in [-0.3, -0.25) is 9.63 Å². The summed E-state index contributed by atoms with van der Waals surface area (Å²) < 4.78 is 0. The number of carboxylic acids is 1. The summed E-state index contributed by atoms with van der Waals surface area (Å²) in [5.41, 5.74) is 7.05. The normalized spacial score (nSPS) is 19.5. The Balaban J connectivity index is 2.41. The van der Waals surface area contributed by atoms with Crippen molar-refractivity contribution < 1.29 is 24.3 Å². The lowest BCUT2D eigenvalue weighted by Crippen LogP contribution is -2.48. The van der Waals surface area contributed by atoms with Gasteiger partial charge in [0.15, 0.2) is 6.61 Å². The summed E-state index contributed by atoms with van der Waals surface area (Å²) in [5, 5.41) is 8.27. The molecule has 0 aromatic carbocycles. The molecular formula is C8H13N3O5. The van der Waals surface area contributed by atoms with Crippen molar-refractivity contribution in [1.82, 2.24) is 10.4 Å². The number of rotatable bonds is 4. The molecule has 8 heteroatoms. The Morgan fingerprint density at radius 1 is 1.50 bits per heavy atom. The van der Waals surface area contributed by atoms with E-state index in [0.29, 0.717) is 19.4 Å². The largest absolute Gasteiger partial charge is 0.479 e. The number of hydrogen-bond donors (Lipinski definition) is 3. The number of primary amides is 1. The lowest BCUT2D eigenvalue weighted by molar-refractivity contribution is -0.144. The van der Waals surface area contributed by atoms with Crippen molar-refractivity contribution >= 4 is 17.9 Å². The molecule has 1 rings (SSSR count). The standard InChI is InChI=1S/C8H13N3O5/c9-7(14)5-2-1-3-11(5)8(15)10-16-4-6(12)13/h5H,1-4H2,(H2,9,14)(H,10,15)(H,12,13). The molecule has 1 unspecified atom stereocenters. The van der Waals surface area contributed by atoms with Gasteiger partial charge in [-0.05, 0) is 12.8 Å². The molecule has 0 aliphatic carbocycles. The van der Waals surface area contributed by atoms with Crippen LogP contribution in [-0.2, 0) is 14.4 Å². The van der Waals surface area contributed by atoms with Crippen LogP contribution in [0.2, 0.25) is 0 Å². The van der Waals surface area contributed by atoms with E-state index in [1.54, 1.807) is 0 Å². The highest BCUT2D eigenvalue weighted by molar-refractivity contribution is 5.86. The maximum atomic E-state index is 11.4. The minimum Gasteiger partial charge on any atom is -0.479 e. The van der Waals surface area contributed by atoms with Crippen LogP contribution in [-0.4, -0.2) is 47.1 Å². The van der Waals surface area contributed by atoms with Crippen molar-refractivity contribution in [3.63, 3.8) is 0 Å². The number of nitrogens with zero attached hydrogens (tertiary/aromatic N) is 1. The summed E-state index contributed by atoms with van der Waals surface area (Å²) in [5.74, 6) is -1.78. The van der Waals surface area contributed by atoms with E-state index < -0.39 is 30.6 Å². The molecule has 90 valence electrons. The second kappa shape index (κ2) is 5.31. The average molecular weight is 231 g/mol. The molecule has 0 spiro atoms. The number of aliphatic carboxylic acids is 1. The van der Waals surface area contributed by atoms with Gasteiger partial charge in [-0.25, -0.2) is 15.1 Å². The van der Waals surface area contributed by atoms with Crippen molar-refractivity contribution in [2.45, 2.75) is 18.9 Å². The van der Waals surface area contributed by atoms with Crippen LogP contribution < -0.4 is 11.2 Å². The fourth-order valence-electron chi connectivity index (χ4n) is 1.52. The zero-order chi connectivity index (χ0) is 12.1. The summed E-state index contributed by atoms with van der Waals surface area (Å²) in [7, 11) is 0. The van der Waals surface area contributed by atoms with Crippen LogP contribution in [0.3, 0.4) is 0 Å². The molecule has 8 nitrogen and oxygen atoms in total. The summed E-state index contributed by atoms with van der Waals surface area (Å²) in [6.45, 7) is -0.239. The number of nitrogens with one attached hydrogen (secondary N) is 1. The first-order valence-corrected chi connectivity index (χ1v) is 4.72. The molecule has 3 amide bonds. The number of carbonyl (C=O) groups is 3. The number of carboxylic acid groups (broad SMARTS) is 1. The van der Waals surface area contributed by atoms with Gasteiger partial charge in [0, 0.05) is 6.54 Å². The van der Waals surface area contributed by atoms with Crippen LogP contribution in [0.15, 0.2) is 0 Å². The Bertz CT molecular complexity index is 306. The van der Waals surface area contributed by atoms with E-state index in [9.17, 15) is 14.4 Å². The van der Waals surface area contributed by atoms with E-state index in [1.807, 2.05) is 5.48 Å². The second-order valence-electron chi connectivity index (χ2n) is 3.34. The van der Waals surface area contributed by atoms with Gasteiger partial charge >= 0.3 is 12.0 Å². The van der Waals surface area contributed by atoms with Crippen LogP contribution in [0.5, 0.6) is 0 Å². The molecule has 1 aliphatic heterocycles. The number of urea groups is 1.